The van der Waals surface area contributed by atoms with Crippen LogP contribution in [0, 0.1) is 0 Å². The molecule has 0 unspecified atom stereocenters. The average Bonchev–Trinajstić information content (AvgIpc) is 2.65. The second-order valence-electron chi connectivity index (χ2n) is 5.38. The third-order valence-corrected chi connectivity index (χ3v) is 4.95. The summed E-state index contributed by atoms with van der Waals surface area (Å²) in [6.07, 6.45) is 0. The van der Waals surface area contributed by atoms with Gasteiger partial charge in [-0.25, -0.2) is 0 Å². The van der Waals surface area contributed by atoms with Gasteiger partial charge in [0.1, 0.15) is 16.5 Å². The molecule has 2 rings (SSSR count). The van der Waals surface area contributed by atoms with E-state index >= 15 is 0 Å². The second kappa shape index (κ2) is 9.49. The molecule has 6 heteroatoms. The van der Waals surface area contributed by atoms with Crippen LogP contribution in [0.3, 0.4) is 0 Å². The lowest BCUT2D eigenvalue weighted by Gasteiger charge is -2.14. The van der Waals surface area contributed by atoms with Gasteiger partial charge in [0.25, 0.3) is 0 Å². The summed E-state index contributed by atoms with van der Waals surface area (Å²) in [5.74, 6) is 2.58. The van der Waals surface area contributed by atoms with E-state index in [4.69, 9.17) is 9.47 Å². The number of rotatable bonds is 9. The molecular formula is C18H26N3O2S+. The molecule has 0 spiro atoms. The topological polar surface area (TPSA) is 48.7 Å². The van der Waals surface area contributed by atoms with Crippen LogP contribution in [-0.2, 0) is 0 Å². The Balaban J connectivity index is 2.06. The number of methoxy groups -OCH3 is 2. The number of nitrogens with zero attached hydrogens (tertiary/aromatic N) is 2. The summed E-state index contributed by atoms with van der Waals surface area (Å²) in [4.78, 5) is 1.60. The van der Waals surface area contributed by atoms with E-state index < -0.39 is 0 Å². The standard InChI is InChI=1S/C18H25N3O2S/c1-5-21(6-2)11-12-24-18-10-8-16(19-20-18)15-13-14(22-3)7-9-17(15)23-4/h7-10,13H,5-6,11-12H2,1-4H3/p+1. The van der Waals surface area contributed by atoms with Crippen LogP contribution >= 0.6 is 11.8 Å². The van der Waals surface area contributed by atoms with Crippen molar-refractivity contribution in [1.29, 1.82) is 0 Å². The van der Waals surface area contributed by atoms with Crippen LogP contribution in [-0.4, -0.2) is 49.8 Å². The van der Waals surface area contributed by atoms with Crippen molar-refractivity contribution in [2.75, 3.05) is 39.6 Å². The Morgan fingerprint density at radius 3 is 2.38 bits per heavy atom. The van der Waals surface area contributed by atoms with Crippen molar-refractivity contribution in [3.8, 4) is 22.8 Å². The first-order chi connectivity index (χ1) is 11.7. The number of hydrogen-bond donors (Lipinski definition) is 1. The van der Waals surface area contributed by atoms with Gasteiger partial charge in [-0.3, -0.25) is 0 Å². The third kappa shape index (κ3) is 4.85. The maximum atomic E-state index is 5.41. The number of aromatic nitrogens is 2. The Kier molecular flexibility index (Phi) is 7.34. The average molecular weight is 348 g/mol. The van der Waals surface area contributed by atoms with Crippen LogP contribution < -0.4 is 14.4 Å². The molecule has 0 radical (unpaired) electrons. The van der Waals surface area contributed by atoms with Crippen LogP contribution in [0.15, 0.2) is 35.4 Å². The van der Waals surface area contributed by atoms with E-state index in [1.807, 2.05) is 30.3 Å². The van der Waals surface area contributed by atoms with Gasteiger partial charge in [0, 0.05) is 11.3 Å². The van der Waals surface area contributed by atoms with Crippen LogP contribution in [0.25, 0.3) is 11.3 Å². The van der Waals surface area contributed by atoms with Crippen molar-refractivity contribution < 1.29 is 14.4 Å². The van der Waals surface area contributed by atoms with Gasteiger partial charge >= 0.3 is 0 Å². The predicted octanol–water partition coefficient (Wildman–Crippen LogP) is 2.18. The normalized spacial score (nSPS) is 10.9. The summed E-state index contributed by atoms with van der Waals surface area (Å²) in [5.41, 5.74) is 1.66. The molecule has 0 aliphatic heterocycles. The predicted molar refractivity (Wildman–Crippen MR) is 98.2 cm³/mol. The molecule has 2 aromatic rings. The lowest BCUT2D eigenvalue weighted by Crippen LogP contribution is -3.11. The number of quaternary nitrogens is 1. The third-order valence-electron chi connectivity index (χ3n) is 4.03. The molecule has 1 aromatic heterocycles. The van der Waals surface area contributed by atoms with Gasteiger partial charge < -0.3 is 14.4 Å². The van der Waals surface area contributed by atoms with E-state index in [9.17, 15) is 0 Å². The van der Waals surface area contributed by atoms with Crippen molar-refractivity contribution in [3.63, 3.8) is 0 Å². The van der Waals surface area contributed by atoms with Crippen molar-refractivity contribution in [3.05, 3.63) is 30.3 Å². The lowest BCUT2D eigenvalue weighted by molar-refractivity contribution is -0.893. The Morgan fingerprint density at radius 1 is 1.00 bits per heavy atom. The van der Waals surface area contributed by atoms with E-state index in [-0.39, 0.29) is 0 Å². The van der Waals surface area contributed by atoms with Crippen LogP contribution in [0.1, 0.15) is 13.8 Å². The van der Waals surface area contributed by atoms with Gasteiger partial charge in [0.05, 0.1) is 39.5 Å². The number of benzene rings is 1. The van der Waals surface area contributed by atoms with E-state index in [0.717, 1.165) is 53.2 Å². The minimum absolute atomic E-state index is 0.760. The number of thioether (sulfide) groups is 1. The first-order valence-corrected chi connectivity index (χ1v) is 9.22. The number of ether oxygens (including phenoxy) is 2. The Bertz CT molecular complexity index is 631. The number of nitrogens with one attached hydrogen (secondary N) is 1. The molecule has 1 N–H and O–H groups in total. The van der Waals surface area contributed by atoms with Crippen LogP contribution in [0.4, 0.5) is 0 Å². The highest BCUT2D eigenvalue weighted by Crippen LogP contribution is 2.32. The van der Waals surface area contributed by atoms with Crippen molar-refractivity contribution >= 4 is 11.8 Å². The number of hydrogen-bond acceptors (Lipinski definition) is 5. The van der Waals surface area contributed by atoms with E-state index in [1.54, 1.807) is 30.9 Å². The van der Waals surface area contributed by atoms with Gasteiger partial charge in [-0.05, 0) is 44.2 Å². The molecule has 0 saturated carbocycles. The summed E-state index contributed by atoms with van der Waals surface area (Å²) in [6.45, 7) is 7.92. The highest BCUT2D eigenvalue weighted by molar-refractivity contribution is 7.99. The van der Waals surface area contributed by atoms with E-state index in [1.165, 1.54) is 0 Å². The van der Waals surface area contributed by atoms with Crippen molar-refractivity contribution in [1.82, 2.24) is 10.2 Å². The van der Waals surface area contributed by atoms with Gasteiger partial charge in [-0.2, -0.15) is 0 Å². The smallest absolute Gasteiger partial charge is 0.128 e. The maximum Gasteiger partial charge on any atom is 0.128 e. The quantitative estimate of drug-likeness (QED) is 0.704. The Labute approximate surface area is 148 Å². The summed E-state index contributed by atoms with van der Waals surface area (Å²) in [6, 6.07) is 9.67. The molecule has 5 nitrogen and oxygen atoms in total. The molecular weight excluding hydrogens is 322 g/mol. The molecule has 0 fully saturated rings. The zero-order chi connectivity index (χ0) is 17.4. The summed E-state index contributed by atoms with van der Waals surface area (Å²) in [7, 11) is 3.30. The summed E-state index contributed by atoms with van der Waals surface area (Å²) >= 11 is 1.75. The minimum Gasteiger partial charge on any atom is -0.497 e. The molecule has 130 valence electrons. The summed E-state index contributed by atoms with van der Waals surface area (Å²) in [5, 5.41) is 9.65. The van der Waals surface area contributed by atoms with Gasteiger partial charge in [-0.15, -0.1) is 10.2 Å². The first kappa shape index (κ1) is 18.5. The molecule has 0 bridgehead atoms. The Hall–Kier alpha value is -1.79. The maximum absolute atomic E-state index is 5.41. The fourth-order valence-corrected chi connectivity index (χ4v) is 3.32. The zero-order valence-electron chi connectivity index (χ0n) is 14.8. The highest BCUT2D eigenvalue weighted by atomic mass is 32.2. The largest absolute Gasteiger partial charge is 0.497 e. The monoisotopic (exact) mass is 348 g/mol. The van der Waals surface area contributed by atoms with Gasteiger partial charge in [0.15, 0.2) is 0 Å². The fourth-order valence-electron chi connectivity index (χ4n) is 2.46. The molecule has 0 saturated heterocycles. The van der Waals surface area contributed by atoms with Crippen LogP contribution in [0.2, 0.25) is 0 Å². The molecule has 0 amide bonds. The summed E-state index contributed by atoms with van der Waals surface area (Å²) < 4.78 is 10.7. The van der Waals surface area contributed by atoms with Crippen molar-refractivity contribution in [2.45, 2.75) is 18.9 Å². The molecule has 0 atom stereocenters. The molecule has 0 aliphatic carbocycles. The molecule has 0 aliphatic rings. The van der Waals surface area contributed by atoms with E-state index in [0.29, 0.717) is 0 Å². The fraction of sp³-hybridized carbons (Fsp3) is 0.444. The van der Waals surface area contributed by atoms with Gasteiger partial charge in [-0.1, -0.05) is 11.8 Å². The second-order valence-corrected chi connectivity index (χ2v) is 6.49. The minimum atomic E-state index is 0.760. The molecule has 1 aromatic carbocycles. The SMILES string of the molecule is CC[NH+](CC)CCSc1ccc(-c2cc(OC)ccc2OC)nn1. The van der Waals surface area contributed by atoms with Crippen LogP contribution in [0.5, 0.6) is 11.5 Å². The van der Waals surface area contributed by atoms with Gasteiger partial charge in [0.2, 0.25) is 0 Å². The lowest BCUT2D eigenvalue weighted by atomic mass is 10.1. The van der Waals surface area contributed by atoms with E-state index in [2.05, 4.69) is 24.0 Å². The first-order valence-electron chi connectivity index (χ1n) is 8.24. The zero-order valence-corrected chi connectivity index (χ0v) is 15.7. The Morgan fingerprint density at radius 2 is 1.79 bits per heavy atom. The molecule has 24 heavy (non-hydrogen) atoms. The highest BCUT2D eigenvalue weighted by Gasteiger charge is 2.10. The van der Waals surface area contributed by atoms with Crippen molar-refractivity contribution in [2.24, 2.45) is 0 Å². The molecule has 1 heterocycles.